The molecule has 5 heteroatoms. The standard InChI is InChI=1S/C18H20Cl2N2O/c19-15-9-7-14(17(20)13-15)8-10-18(23)22-12-4-11-21-16-5-2-1-3-6-16/h1-3,5-7,9,13,21H,4,8,10-12H2,(H,22,23). The molecular formula is C18H20Cl2N2O. The van der Waals surface area contributed by atoms with Crippen LogP contribution in [0.1, 0.15) is 18.4 Å². The smallest absolute Gasteiger partial charge is 0.220 e. The van der Waals surface area contributed by atoms with Crippen LogP contribution in [0.5, 0.6) is 0 Å². The molecule has 0 radical (unpaired) electrons. The maximum Gasteiger partial charge on any atom is 0.220 e. The number of amides is 1. The Bertz CT molecular complexity index is 632. The third kappa shape index (κ3) is 6.51. The van der Waals surface area contributed by atoms with Gasteiger partial charge in [-0.2, -0.15) is 0 Å². The Labute approximate surface area is 147 Å². The number of benzene rings is 2. The number of aryl methyl sites for hydroxylation is 1. The highest BCUT2D eigenvalue weighted by molar-refractivity contribution is 6.35. The van der Waals surface area contributed by atoms with E-state index >= 15 is 0 Å². The van der Waals surface area contributed by atoms with Gasteiger partial charge in [0.15, 0.2) is 0 Å². The van der Waals surface area contributed by atoms with Gasteiger partial charge in [-0.25, -0.2) is 0 Å². The van der Waals surface area contributed by atoms with Crippen LogP contribution in [0.25, 0.3) is 0 Å². The zero-order chi connectivity index (χ0) is 16.5. The van der Waals surface area contributed by atoms with Gasteiger partial charge in [0.1, 0.15) is 0 Å². The maximum absolute atomic E-state index is 11.8. The van der Waals surface area contributed by atoms with Crippen LogP contribution >= 0.6 is 23.2 Å². The molecule has 2 N–H and O–H groups in total. The summed E-state index contributed by atoms with van der Waals surface area (Å²) < 4.78 is 0. The molecule has 0 aromatic heterocycles. The fourth-order valence-electron chi connectivity index (χ4n) is 2.17. The third-order valence-corrected chi connectivity index (χ3v) is 4.00. The molecule has 2 rings (SSSR count). The van der Waals surface area contributed by atoms with Gasteiger partial charge in [0, 0.05) is 35.2 Å². The van der Waals surface area contributed by atoms with Gasteiger partial charge in [-0.1, -0.05) is 47.5 Å². The Morgan fingerprint density at radius 2 is 1.78 bits per heavy atom. The first-order valence-corrected chi connectivity index (χ1v) is 8.40. The lowest BCUT2D eigenvalue weighted by atomic mass is 10.1. The van der Waals surface area contributed by atoms with Gasteiger partial charge in [-0.05, 0) is 42.7 Å². The van der Waals surface area contributed by atoms with Crippen molar-refractivity contribution in [1.29, 1.82) is 0 Å². The van der Waals surface area contributed by atoms with Crippen LogP contribution in [-0.4, -0.2) is 19.0 Å². The second-order valence-electron chi connectivity index (χ2n) is 5.23. The predicted octanol–water partition coefficient (Wildman–Crippen LogP) is 4.54. The van der Waals surface area contributed by atoms with Crippen LogP contribution in [0.2, 0.25) is 10.0 Å². The van der Waals surface area contributed by atoms with Crippen LogP contribution in [0.4, 0.5) is 5.69 Å². The molecule has 122 valence electrons. The normalized spacial score (nSPS) is 10.3. The zero-order valence-corrected chi connectivity index (χ0v) is 14.3. The average molecular weight is 351 g/mol. The van der Waals surface area contributed by atoms with Crippen molar-refractivity contribution in [3.05, 3.63) is 64.1 Å². The van der Waals surface area contributed by atoms with E-state index in [2.05, 4.69) is 10.6 Å². The van der Waals surface area contributed by atoms with Gasteiger partial charge >= 0.3 is 0 Å². The van der Waals surface area contributed by atoms with Crippen LogP contribution in [0.15, 0.2) is 48.5 Å². The van der Waals surface area contributed by atoms with E-state index in [9.17, 15) is 4.79 Å². The van der Waals surface area contributed by atoms with Crippen molar-refractivity contribution in [2.75, 3.05) is 18.4 Å². The number of hydrogen-bond donors (Lipinski definition) is 2. The molecule has 1 amide bonds. The molecule has 0 bridgehead atoms. The number of halogens is 2. The van der Waals surface area contributed by atoms with E-state index in [1.54, 1.807) is 12.1 Å². The van der Waals surface area contributed by atoms with E-state index in [0.29, 0.717) is 29.4 Å². The summed E-state index contributed by atoms with van der Waals surface area (Å²) in [5.41, 5.74) is 2.04. The van der Waals surface area contributed by atoms with Crippen molar-refractivity contribution in [1.82, 2.24) is 5.32 Å². The highest BCUT2D eigenvalue weighted by Gasteiger charge is 2.05. The highest BCUT2D eigenvalue weighted by Crippen LogP contribution is 2.21. The summed E-state index contributed by atoms with van der Waals surface area (Å²) in [4.78, 5) is 11.8. The largest absolute Gasteiger partial charge is 0.385 e. The molecular weight excluding hydrogens is 331 g/mol. The number of carbonyl (C=O) groups excluding carboxylic acids is 1. The highest BCUT2D eigenvalue weighted by atomic mass is 35.5. The van der Waals surface area contributed by atoms with Gasteiger partial charge in [-0.3, -0.25) is 4.79 Å². The van der Waals surface area contributed by atoms with E-state index < -0.39 is 0 Å². The topological polar surface area (TPSA) is 41.1 Å². The minimum absolute atomic E-state index is 0.0377. The Morgan fingerprint density at radius 3 is 2.52 bits per heavy atom. The van der Waals surface area contributed by atoms with Crippen LogP contribution in [-0.2, 0) is 11.2 Å². The van der Waals surface area contributed by atoms with Crippen molar-refractivity contribution in [3.8, 4) is 0 Å². The zero-order valence-electron chi connectivity index (χ0n) is 12.8. The molecule has 0 aliphatic heterocycles. The fraction of sp³-hybridized carbons (Fsp3) is 0.278. The second kappa shape index (κ2) is 9.43. The summed E-state index contributed by atoms with van der Waals surface area (Å²) in [6.07, 6.45) is 1.92. The van der Waals surface area contributed by atoms with Crippen molar-refractivity contribution >= 4 is 34.8 Å². The SMILES string of the molecule is O=C(CCc1ccc(Cl)cc1Cl)NCCCNc1ccccc1. The average Bonchev–Trinajstić information content (AvgIpc) is 2.54. The molecule has 0 saturated heterocycles. The Kier molecular flexibility index (Phi) is 7.24. The van der Waals surface area contributed by atoms with Gasteiger partial charge in [-0.15, -0.1) is 0 Å². The minimum Gasteiger partial charge on any atom is -0.385 e. The second-order valence-corrected chi connectivity index (χ2v) is 6.08. The van der Waals surface area contributed by atoms with Crippen molar-refractivity contribution in [2.45, 2.75) is 19.3 Å². The molecule has 0 heterocycles. The first-order valence-electron chi connectivity index (χ1n) is 7.65. The Morgan fingerprint density at radius 1 is 1.00 bits per heavy atom. The lowest BCUT2D eigenvalue weighted by Gasteiger charge is -2.08. The van der Waals surface area contributed by atoms with Crippen molar-refractivity contribution < 1.29 is 4.79 Å². The van der Waals surface area contributed by atoms with Gasteiger partial charge in [0.25, 0.3) is 0 Å². The van der Waals surface area contributed by atoms with E-state index in [1.807, 2.05) is 36.4 Å². The number of nitrogens with one attached hydrogen (secondary N) is 2. The number of rotatable bonds is 8. The summed E-state index contributed by atoms with van der Waals surface area (Å²) in [6, 6.07) is 15.4. The van der Waals surface area contributed by atoms with Gasteiger partial charge in [0.2, 0.25) is 5.91 Å². The molecule has 3 nitrogen and oxygen atoms in total. The summed E-state index contributed by atoms with van der Waals surface area (Å²) >= 11 is 11.9. The van der Waals surface area contributed by atoms with E-state index in [0.717, 1.165) is 24.2 Å². The molecule has 0 aliphatic carbocycles. The number of carbonyl (C=O) groups is 1. The number of para-hydroxylation sites is 1. The molecule has 0 saturated carbocycles. The summed E-state index contributed by atoms with van der Waals surface area (Å²) in [6.45, 7) is 1.49. The van der Waals surface area contributed by atoms with E-state index in [-0.39, 0.29) is 5.91 Å². The minimum atomic E-state index is 0.0377. The predicted molar refractivity (Wildman–Crippen MR) is 97.3 cm³/mol. The first kappa shape index (κ1) is 17.6. The summed E-state index contributed by atoms with van der Waals surface area (Å²) in [5, 5.41) is 7.44. The first-order chi connectivity index (χ1) is 11.1. The monoisotopic (exact) mass is 350 g/mol. The molecule has 23 heavy (non-hydrogen) atoms. The molecule has 0 spiro atoms. The van der Waals surface area contributed by atoms with Crippen LogP contribution in [0, 0.1) is 0 Å². The Balaban J connectivity index is 1.60. The molecule has 2 aromatic rings. The lowest BCUT2D eigenvalue weighted by Crippen LogP contribution is -2.26. The fourth-order valence-corrected chi connectivity index (χ4v) is 2.67. The van der Waals surface area contributed by atoms with E-state index in [4.69, 9.17) is 23.2 Å². The van der Waals surface area contributed by atoms with E-state index in [1.165, 1.54) is 0 Å². The quantitative estimate of drug-likeness (QED) is 0.686. The van der Waals surface area contributed by atoms with Gasteiger partial charge < -0.3 is 10.6 Å². The summed E-state index contributed by atoms with van der Waals surface area (Å²) in [7, 11) is 0. The molecule has 0 unspecified atom stereocenters. The molecule has 2 aromatic carbocycles. The molecule has 0 atom stereocenters. The lowest BCUT2D eigenvalue weighted by molar-refractivity contribution is -0.121. The van der Waals surface area contributed by atoms with Crippen LogP contribution in [0.3, 0.4) is 0 Å². The number of hydrogen-bond acceptors (Lipinski definition) is 2. The van der Waals surface area contributed by atoms with Crippen molar-refractivity contribution in [2.24, 2.45) is 0 Å². The van der Waals surface area contributed by atoms with Crippen molar-refractivity contribution in [3.63, 3.8) is 0 Å². The molecule has 0 aliphatic rings. The maximum atomic E-state index is 11.8. The summed E-state index contributed by atoms with van der Waals surface area (Å²) in [5.74, 6) is 0.0377. The Hall–Kier alpha value is -1.71. The van der Waals surface area contributed by atoms with Gasteiger partial charge in [0.05, 0.1) is 0 Å². The number of anilines is 1. The molecule has 0 fully saturated rings. The van der Waals surface area contributed by atoms with Crippen LogP contribution < -0.4 is 10.6 Å². The third-order valence-electron chi connectivity index (χ3n) is 3.42.